The van der Waals surface area contributed by atoms with Crippen LogP contribution in [-0.4, -0.2) is 25.0 Å². The highest BCUT2D eigenvalue weighted by molar-refractivity contribution is 5.85. The van der Waals surface area contributed by atoms with Crippen LogP contribution in [0, 0.1) is 0 Å². The monoisotopic (exact) mass is 286 g/mol. The largest absolute Gasteiger partial charge is 0.469 e. The van der Waals surface area contributed by atoms with Gasteiger partial charge in [-0.2, -0.15) is 0 Å². The van der Waals surface area contributed by atoms with E-state index in [0.717, 1.165) is 5.56 Å². The molecule has 1 aromatic rings. The molecular weight excluding hydrogens is 268 g/mol. The standard InChI is InChI=1S/C13H18N2O3.ClH/c1-9(14)13(17)15-11(8-12(16)18-2)10-6-4-3-5-7-10;/h3-7,9,11H,8,14H2,1-2H3,(H,15,17);1H/t9-,11?;/m1./s1. The number of nitrogens with two attached hydrogens (primary N) is 1. The van der Waals surface area contributed by atoms with Crippen LogP contribution in [0.5, 0.6) is 0 Å². The van der Waals surface area contributed by atoms with E-state index in [4.69, 9.17) is 5.73 Å². The molecule has 3 N–H and O–H groups in total. The highest BCUT2D eigenvalue weighted by Gasteiger charge is 2.20. The van der Waals surface area contributed by atoms with Crippen LogP contribution in [-0.2, 0) is 14.3 Å². The molecule has 0 bridgehead atoms. The fraction of sp³-hybridized carbons (Fsp3) is 0.385. The normalized spacial score (nSPS) is 12.8. The zero-order chi connectivity index (χ0) is 13.5. The number of benzene rings is 1. The number of carbonyl (C=O) groups is 2. The Labute approximate surface area is 118 Å². The number of esters is 1. The number of amides is 1. The Balaban J connectivity index is 0.00000324. The van der Waals surface area contributed by atoms with E-state index >= 15 is 0 Å². The molecule has 1 unspecified atom stereocenters. The molecule has 6 heteroatoms. The van der Waals surface area contributed by atoms with Gasteiger partial charge < -0.3 is 15.8 Å². The fourth-order valence-electron chi connectivity index (χ4n) is 1.49. The van der Waals surface area contributed by atoms with Gasteiger partial charge in [-0.3, -0.25) is 9.59 Å². The van der Waals surface area contributed by atoms with Gasteiger partial charge in [0.1, 0.15) is 0 Å². The highest BCUT2D eigenvalue weighted by atomic mass is 35.5. The van der Waals surface area contributed by atoms with Crippen molar-refractivity contribution in [3.05, 3.63) is 35.9 Å². The first-order valence-corrected chi connectivity index (χ1v) is 5.72. The van der Waals surface area contributed by atoms with Gasteiger partial charge >= 0.3 is 5.97 Å². The molecule has 5 nitrogen and oxygen atoms in total. The molecule has 0 aliphatic heterocycles. The molecule has 106 valence electrons. The maximum atomic E-state index is 11.6. The molecule has 1 amide bonds. The predicted molar refractivity (Wildman–Crippen MR) is 74.9 cm³/mol. The van der Waals surface area contributed by atoms with Crippen LogP contribution in [0.1, 0.15) is 24.9 Å². The lowest BCUT2D eigenvalue weighted by Crippen LogP contribution is -2.41. The molecule has 0 saturated heterocycles. The summed E-state index contributed by atoms with van der Waals surface area (Å²) >= 11 is 0. The van der Waals surface area contributed by atoms with Crippen LogP contribution in [0.3, 0.4) is 0 Å². The molecule has 0 saturated carbocycles. The number of halogens is 1. The molecule has 1 rings (SSSR count). The summed E-state index contributed by atoms with van der Waals surface area (Å²) < 4.78 is 4.62. The van der Waals surface area contributed by atoms with Crippen LogP contribution in [0.2, 0.25) is 0 Å². The van der Waals surface area contributed by atoms with Gasteiger partial charge in [-0.1, -0.05) is 30.3 Å². The number of ether oxygens (including phenoxy) is 1. The highest BCUT2D eigenvalue weighted by Crippen LogP contribution is 2.17. The Kier molecular flexibility index (Phi) is 7.79. The third kappa shape index (κ3) is 5.72. The van der Waals surface area contributed by atoms with Gasteiger partial charge in [0.25, 0.3) is 0 Å². The molecule has 1 aromatic carbocycles. The molecule has 0 aliphatic carbocycles. The van der Waals surface area contributed by atoms with Crippen molar-refractivity contribution in [3.8, 4) is 0 Å². The zero-order valence-electron chi connectivity index (χ0n) is 11.0. The van der Waals surface area contributed by atoms with Crippen LogP contribution < -0.4 is 11.1 Å². The fourth-order valence-corrected chi connectivity index (χ4v) is 1.49. The topological polar surface area (TPSA) is 81.4 Å². The van der Waals surface area contributed by atoms with E-state index in [2.05, 4.69) is 10.1 Å². The van der Waals surface area contributed by atoms with Gasteiger partial charge in [0, 0.05) is 0 Å². The molecule has 0 radical (unpaired) electrons. The van der Waals surface area contributed by atoms with E-state index in [-0.39, 0.29) is 30.7 Å². The SMILES string of the molecule is COC(=O)CC(NC(=O)[C@@H](C)N)c1ccccc1.Cl. The van der Waals surface area contributed by atoms with Crippen molar-refractivity contribution in [2.45, 2.75) is 25.4 Å². The van der Waals surface area contributed by atoms with Crippen molar-refractivity contribution < 1.29 is 14.3 Å². The maximum absolute atomic E-state index is 11.6. The molecule has 0 spiro atoms. The van der Waals surface area contributed by atoms with Gasteiger partial charge in [-0.05, 0) is 12.5 Å². The van der Waals surface area contributed by atoms with E-state index in [1.165, 1.54) is 7.11 Å². The van der Waals surface area contributed by atoms with Crippen LogP contribution in [0.25, 0.3) is 0 Å². The minimum Gasteiger partial charge on any atom is -0.469 e. The third-order valence-electron chi connectivity index (χ3n) is 2.53. The molecule has 2 atom stereocenters. The van der Waals surface area contributed by atoms with Crippen molar-refractivity contribution in [1.29, 1.82) is 0 Å². The van der Waals surface area contributed by atoms with Gasteiger partial charge in [-0.15, -0.1) is 12.4 Å². The first kappa shape index (κ1) is 17.4. The van der Waals surface area contributed by atoms with E-state index in [0.29, 0.717) is 0 Å². The summed E-state index contributed by atoms with van der Waals surface area (Å²) in [5.41, 5.74) is 6.34. The molecule has 0 aromatic heterocycles. The molecule has 0 heterocycles. The van der Waals surface area contributed by atoms with E-state index < -0.39 is 12.1 Å². The number of hydrogen-bond acceptors (Lipinski definition) is 4. The number of methoxy groups -OCH3 is 1. The quantitative estimate of drug-likeness (QED) is 0.796. The lowest BCUT2D eigenvalue weighted by atomic mass is 10.0. The van der Waals surface area contributed by atoms with Crippen molar-refractivity contribution in [2.24, 2.45) is 5.73 Å². The van der Waals surface area contributed by atoms with Gasteiger partial charge in [0.15, 0.2) is 0 Å². The van der Waals surface area contributed by atoms with Crippen LogP contribution in [0.15, 0.2) is 30.3 Å². The predicted octanol–water partition coefficient (Wildman–Crippen LogP) is 1.18. The van der Waals surface area contributed by atoms with E-state index in [1.807, 2.05) is 30.3 Å². The Bertz CT molecular complexity index is 410. The minimum absolute atomic E-state index is 0. The number of rotatable bonds is 5. The van der Waals surface area contributed by atoms with E-state index in [1.54, 1.807) is 6.92 Å². The third-order valence-corrected chi connectivity index (χ3v) is 2.53. The smallest absolute Gasteiger partial charge is 0.307 e. The Morgan fingerprint density at radius 2 is 1.89 bits per heavy atom. The maximum Gasteiger partial charge on any atom is 0.307 e. The van der Waals surface area contributed by atoms with Crippen molar-refractivity contribution >= 4 is 24.3 Å². The minimum atomic E-state index is -0.617. The summed E-state index contributed by atoms with van der Waals surface area (Å²) in [6.45, 7) is 1.59. The summed E-state index contributed by atoms with van der Waals surface area (Å²) in [4.78, 5) is 23.0. The van der Waals surface area contributed by atoms with Crippen molar-refractivity contribution in [2.75, 3.05) is 7.11 Å². The molecule has 0 fully saturated rings. The van der Waals surface area contributed by atoms with Crippen molar-refractivity contribution in [1.82, 2.24) is 5.32 Å². The summed E-state index contributed by atoms with van der Waals surface area (Å²) in [6.07, 6.45) is 0.0823. The lowest BCUT2D eigenvalue weighted by molar-refractivity contribution is -0.141. The Morgan fingerprint density at radius 1 is 1.32 bits per heavy atom. The first-order chi connectivity index (χ1) is 8.54. The molecular formula is C13H19ClN2O3. The molecule has 0 aliphatic rings. The van der Waals surface area contributed by atoms with Crippen LogP contribution >= 0.6 is 12.4 Å². The van der Waals surface area contributed by atoms with Gasteiger partial charge in [-0.25, -0.2) is 0 Å². The zero-order valence-corrected chi connectivity index (χ0v) is 11.8. The van der Waals surface area contributed by atoms with Gasteiger partial charge in [0.05, 0.1) is 25.6 Å². The average Bonchev–Trinajstić information content (AvgIpc) is 2.38. The Morgan fingerprint density at radius 3 is 2.37 bits per heavy atom. The van der Waals surface area contributed by atoms with Crippen LogP contribution in [0.4, 0.5) is 0 Å². The average molecular weight is 287 g/mol. The summed E-state index contributed by atoms with van der Waals surface area (Å²) in [7, 11) is 1.32. The summed E-state index contributed by atoms with van der Waals surface area (Å²) in [5.74, 6) is -0.679. The lowest BCUT2D eigenvalue weighted by Gasteiger charge is -2.19. The number of hydrogen-bond donors (Lipinski definition) is 2. The number of nitrogens with one attached hydrogen (secondary N) is 1. The molecule has 19 heavy (non-hydrogen) atoms. The summed E-state index contributed by atoms with van der Waals surface area (Å²) in [5, 5.41) is 2.73. The number of carbonyl (C=O) groups excluding carboxylic acids is 2. The first-order valence-electron chi connectivity index (χ1n) is 5.72. The summed E-state index contributed by atoms with van der Waals surface area (Å²) in [6, 6.07) is 8.21. The second-order valence-electron chi connectivity index (χ2n) is 4.04. The Hall–Kier alpha value is -1.59. The van der Waals surface area contributed by atoms with E-state index in [9.17, 15) is 9.59 Å². The second-order valence-corrected chi connectivity index (χ2v) is 4.04. The van der Waals surface area contributed by atoms with Gasteiger partial charge in [0.2, 0.25) is 5.91 Å². The second kappa shape index (κ2) is 8.50. The van der Waals surface area contributed by atoms with Crippen molar-refractivity contribution in [3.63, 3.8) is 0 Å².